The van der Waals surface area contributed by atoms with Gasteiger partial charge in [0.25, 0.3) is 0 Å². The third-order valence-corrected chi connectivity index (χ3v) is 5.78. The van der Waals surface area contributed by atoms with E-state index in [4.69, 9.17) is 0 Å². The van der Waals surface area contributed by atoms with Crippen LogP contribution in [0.1, 0.15) is 43.6 Å². The molecular weight excluding hydrogens is 392 g/mol. The van der Waals surface area contributed by atoms with E-state index in [0.29, 0.717) is 12.2 Å². The molecular formula is C24H30N4OS. The zero-order chi connectivity index (χ0) is 21.3. The Morgan fingerprint density at radius 1 is 0.967 bits per heavy atom. The lowest BCUT2D eigenvalue weighted by molar-refractivity contribution is -0.128. The van der Waals surface area contributed by atoms with Gasteiger partial charge in [0.1, 0.15) is 5.82 Å². The predicted octanol–water partition coefficient (Wildman–Crippen LogP) is 4.91. The predicted molar refractivity (Wildman–Crippen MR) is 123 cm³/mol. The van der Waals surface area contributed by atoms with Gasteiger partial charge in [0.2, 0.25) is 5.91 Å². The minimum absolute atomic E-state index is 0.159. The molecule has 0 saturated carbocycles. The Morgan fingerprint density at radius 3 is 2.27 bits per heavy atom. The highest BCUT2D eigenvalue weighted by Gasteiger charge is 2.18. The molecule has 0 aliphatic rings. The normalized spacial score (nSPS) is 10.9. The van der Waals surface area contributed by atoms with Gasteiger partial charge in [-0.25, -0.2) is 0 Å². The Morgan fingerprint density at radius 2 is 1.63 bits per heavy atom. The summed E-state index contributed by atoms with van der Waals surface area (Å²) in [5, 5.41) is 9.67. The van der Waals surface area contributed by atoms with Crippen molar-refractivity contribution in [1.29, 1.82) is 0 Å². The molecule has 0 aliphatic heterocycles. The van der Waals surface area contributed by atoms with Crippen molar-refractivity contribution in [3.05, 3.63) is 71.5 Å². The fourth-order valence-corrected chi connectivity index (χ4v) is 4.23. The first-order chi connectivity index (χ1) is 14.6. The largest absolute Gasteiger partial charge is 0.342 e. The van der Waals surface area contributed by atoms with Gasteiger partial charge in [0, 0.05) is 25.2 Å². The second kappa shape index (κ2) is 11.0. The molecule has 1 heterocycles. The van der Waals surface area contributed by atoms with Crippen molar-refractivity contribution in [2.45, 2.75) is 45.2 Å². The highest BCUT2D eigenvalue weighted by Crippen LogP contribution is 2.24. The molecule has 3 rings (SSSR count). The quantitative estimate of drug-likeness (QED) is 0.436. The second-order valence-electron chi connectivity index (χ2n) is 7.40. The lowest BCUT2D eigenvalue weighted by Crippen LogP contribution is -2.33. The summed E-state index contributed by atoms with van der Waals surface area (Å²) in [5.74, 6) is 1.40. The topological polar surface area (TPSA) is 51.0 Å². The van der Waals surface area contributed by atoms with E-state index in [1.54, 1.807) is 0 Å². The van der Waals surface area contributed by atoms with Crippen LogP contribution in [0, 0.1) is 6.92 Å². The first-order valence-corrected chi connectivity index (χ1v) is 11.6. The summed E-state index contributed by atoms with van der Waals surface area (Å²) in [6.07, 6.45) is 2.63. The first-order valence-electron chi connectivity index (χ1n) is 10.6. The molecule has 0 N–H and O–H groups in total. The molecule has 0 radical (unpaired) electrons. The van der Waals surface area contributed by atoms with Crippen LogP contribution >= 0.6 is 11.8 Å². The number of thioether (sulfide) groups is 1. The average Bonchev–Trinajstić information content (AvgIpc) is 3.15. The molecule has 0 spiro atoms. The first kappa shape index (κ1) is 22.1. The number of rotatable bonds is 10. The van der Waals surface area contributed by atoms with E-state index in [1.807, 2.05) is 23.1 Å². The van der Waals surface area contributed by atoms with Gasteiger partial charge in [-0.2, -0.15) is 0 Å². The molecule has 0 fully saturated rings. The van der Waals surface area contributed by atoms with E-state index in [0.717, 1.165) is 42.6 Å². The molecule has 1 amide bonds. The van der Waals surface area contributed by atoms with Crippen molar-refractivity contribution in [3.63, 3.8) is 0 Å². The zero-order valence-electron chi connectivity index (χ0n) is 18.0. The maximum atomic E-state index is 12.7. The molecule has 0 aliphatic carbocycles. The smallest absolute Gasteiger partial charge is 0.233 e. The highest BCUT2D eigenvalue weighted by molar-refractivity contribution is 7.99. The average molecular weight is 423 g/mol. The number of benzene rings is 2. The monoisotopic (exact) mass is 422 g/mol. The summed E-state index contributed by atoms with van der Waals surface area (Å²) in [5.41, 5.74) is 3.41. The van der Waals surface area contributed by atoms with Gasteiger partial charge < -0.3 is 4.90 Å². The Hall–Kier alpha value is -2.60. The van der Waals surface area contributed by atoms with Crippen LogP contribution in [0.15, 0.2) is 59.8 Å². The highest BCUT2D eigenvalue weighted by atomic mass is 32.2. The number of aromatic nitrogens is 3. The molecule has 1 aromatic heterocycles. The summed E-state index contributed by atoms with van der Waals surface area (Å²) < 4.78 is 2.08. The number of carbonyl (C=O) groups excluding carboxylic acids is 1. The van der Waals surface area contributed by atoms with Crippen LogP contribution in [-0.2, 0) is 11.2 Å². The number of amides is 1. The number of aryl methyl sites for hydroxylation is 1. The van der Waals surface area contributed by atoms with Crippen molar-refractivity contribution >= 4 is 17.7 Å². The van der Waals surface area contributed by atoms with Crippen molar-refractivity contribution in [1.82, 2.24) is 19.7 Å². The Labute approximate surface area is 183 Å². The van der Waals surface area contributed by atoms with Gasteiger partial charge in [0.15, 0.2) is 5.16 Å². The van der Waals surface area contributed by atoms with Gasteiger partial charge in [-0.3, -0.25) is 9.36 Å². The number of hydrogen-bond acceptors (Lipinski definition) is 4. The number of nitrogens with zero attached hydrogens (tertiary/aromatic N) is 4. The Bertz CT molecular complexity index is 932. The van der Waals surface area contributed by atoms with E-state index in [2.05, 4.69) is 71.9 Å². The SMILES string of the molecule is CCCN(CCC)C(=O)CSc1nnc(Cc2ccccc2)n1-c1ccc(C)cc1. The molecule has 3 aromatic rings. The van der Waals surface area contributed by atoms with Gasteiger partial charge in [-0.05, 0) is 37.5 Å². The van der Waals surface area contributed by atoms with E-state index in [9.17, 15) is 4.79 Å². The van der Waals surface area contributed by atoms with Crippen molar-refractivity contribution < 1.29 is 4.79 Å². The molecule has 0 saturated heterocycles. The van der Waals surface area contributed by atoms with Gasteiger partial charge in [0.05, 0.1) is 5.75 Å². The van der Waals surface area contributed by atoms with Crippen LogP contribution in [0.5, 0.6) is 0 Å². The van der Waals surface area contributed by atoms with Crippen LogP contribution in [0.25, 0.3) is 5.69 Å². The van der Waals surface area contributed by atoms with Crippen molar-refractivity contribution in [3.8, 4) is 5.69 Å². The molecule has 158 valence electrons. The minimum Gasteiger partial charge on any atom is -0.342 e. The lowest BCUT2D eigenvalue weighted by Gasteiger charge is -2.21. The standard InChI is InChI=1S/C24H30N4OS/c1-4-15-27(16-5-2)23(29)18-30-24-26-25-22(17-20-9-7-6-8-10-20)28(24)21-13-11-19(3)12-14-21/h6-14H,4-5,15-18H2,1-3H3. The Balaban J connectivity index is 1.84. The molecule has 6 heteroatoms. The van der Waals surface area contributed by atoms with Gasteiger partial charge in [-0.1, -0.05) is 73.6 Å². The van der Waals surface area contributed by atoms with Crippen molar-refractivity contribution in [2.75, 3.05) is 18.8 Å². The van der Waals surface area contributed by atoms with E-state index < -0.39 is 0 Å². The third kappa shape index (κ3) is 5.72. The lowest BCUT2D eigenvalue weighted by atomic mass is 10.1. The van der Waals surface area contributed by atoms with E-state index in [-0.39, 0.29) is 5.91 Å². The van der Waals surface area contributed by atoms with E-state index in [1.165, 1.54) is 22.9 Å². The number of hydrogen-bond donors (Lipinski definition) is 0. The molecule has 30 heavy (non-hydrogen) atoms. The van der Waals surface area contributed by atoms with Crippen LogP contribution in [-0.4, -0.2) is 44.4 Å². The van der Waals surface area contributed by atoms with Gasteiger partial charge >= 0.3 is 0 Å². The summed E-state index contributed by atoms with van der Waals surface area (Å²) in [4.78, 5) is 14.7. The summed E-state index contributed by atoms with van der Waals surface area (Å²) in [6, 6.07) is 18.6. The van der Waals surface area contributed by atoms with Crippen LogP contribution in [0.2, 0.25) is 0 Å². The summed E-state index contributed by atoms with van der Waals surface area (Å²) in [6.45, 7) is 7.89. The number of carbonyl (C=O) groups is 1. The zero-order valence-corrected chi connectivity index (χ0v) is 18.9. The molecule has 0 bridgehead atoms. The Kier molecular flexibility index (Phi) is 8.08. The molecule has 2 aromatic carbocycles. The second-order valence-corrected chi connectivity index (χ2v) is 8.34. The fraction of sp³-hybridized carbons (Fsp3) is 0.375. The molecule has 5 nitrogen and oxygen atoms in total. The van der Waals surface area contributed by atoms with Crippen LogP contribution in [0.3, 0.4) is 0 Å². The molecule has 0 unspecified atom stereocenters. The van der Waals surface area contributed by atoms with Crippen molar-refractivity contribution in [2.24, 2.45) is 0 Å². The van der Waals surface area contributed by atoms with Gasteiger partial charge in [-0.15, -0.1) is 10.2 Å². The summed E-state index contributed by atoms with van der Waals surface area (Å²) >= 11 is 1.46. The minimum atomic E-state index is 0.159. The van der Waals surface area contributed by atoms with E-state index >= 15 is 0 Å². The maximum absolute atomic E-state index is 12.7. The maximum Gasteiger partial charge on any atom is 0.233 e. The van der Waals surface area contributed by atoms with Crippen LogP contribution in [0.4, 0.5) is 0 Å². The fourth-order valence-electron chi connectivity index (χ4n) is 3.36. The molecule has 0 atom stereocenters. The summed E-state index contributed by atoms with van der Waals surface area (Å²) in [7, 11) is 0. The third-order valence-electron chi connectivity index (χ3n) is 4.86. The van der Waals surface area contributed by atoms with Crippen LogP contribution < -0.4 is 0 Å².